The van der Waals surface area contributed by atoms with Gasteiger partial charge in [0.25, 0.3) is 5.22 Å². The summed E-state index contributed by atoms with van der Waals surface area (Å²) in [4.78, 5) is 0. The minimum Gasteiger partial charge on any atom is -0.493 e. The standard InChI is InChI=1S/C11H12N2O3S/c1-14-8-5-4-7(6-9(8)15-2)10-12-13-11(16-10)17-3/h4-6H,1-3H3. The third-order valence-electron chi connectivity index (χ3n) is 2.21. The van der Waals surface area contributed by atoms with Crippen molar-refractivity contribution in [2.24, 2.45) is 0 Å². The minimum atomic E-state index is 0.468. The number of ether oxygens (including phenoxy) is 2. The predicted octanol–water partition coefficient (Wildman–Crippen LogP) is 2.48. The first-order valence-corrected chi connectivity index (χ1v) is 6.11. The maximum Gasteiger partial charge on any atom is 0.276 e. The van der Waals surface area contributed by atoms with Crippen LogP contribution in [0, 0.1) is 0 Å². The first-order valence-electron chi connectivity index (χ1n) is 4.88. The monoisotopic (exact) mass is 252 g/mol. The highest BCUT2D eigenvalue weighted by Crippen LogP contribution is 2.32. The molecule has 2 aromatic rings. The van der Waals surface area contributed by atoms with Gasteiger partial charge in [-0.1, -0.05) is 11.8 Å². The van der Waals surface area contributed by atoms with E-state index in [-0.39, 0.29) is 0 Å². The highest BCUT2D eigenvalue weighted by Gasteiger charge is 2.11. The van der Waals surface area contributed by atoms with E-state index in [4.69, 9.17) is 13.9 Å². The summed E-state index contributed by atoms with van der Waals surface area (Å²) in [6.45, 7) is 0. The van der Waals surface area contributed by atoms with Crippen LogP contribution in [0.5, 0.6) is 11.5 Å². The molecule has 0 aliphatic heterocycles. The van der Waals surface area contributed by atoms with E-state index in [1.54, 1.807) is 26.4 Å². The Morgan fingerprint density at radius 3 is 2.47 bits per heavy atom. The number of methoxy groups -OCH3 is 2. The summed E-state index contributed by atoms with van der Waals surface area (Å²) in [5.74, 6) is 1.77. The Labute approximate surface area is 103 Å². The summed E-state index contributed by atoms with van der Waals surface area (Å²) in [6.07, 6.45) is 1.88. The molecule has 0 spiro atoms. The topological polar surface area (TPSA) is 57.4 Å². The molecule has 0 aliphatic carbocycles. The molecule has 1 heterocycles. The van der Waals surface area contributed by atoms with Crippen molar-refractivity contribution in [1.29, 1.82) is 0 Å². The summed E-state index contributed by atoms with van der Waals surface area (Å²) < 4.78 is 15.8. The molecular weight excluding hydrogens is 240 g/mol. The normalized spacial score (nSPS) is 10.3. The molecule has 6 heteroatoms. The van der Waals surface area contributed by atoms with E-state index in [9.17, 15) is 0 Å². The van der Waals surface area contributed by atoms with E-state index in [1.165, 1.54) is 11.8 Å². The molecule has 0 fully saturated rings. The van der Waals surface area contributed by atoms with Crippen molar-refractivity contribution in [2.45, 2.75) is 5.22 Å². The van der Waals surface area contributed by atoms with E-state index in [2.05, 4.69) is 10.2 Å². The second-order valence-corrected chi connectivity index (χ2v) is 3.90. The number of thioether (sulfide) groups is 1. The molecule has 0 saturated carbocycles. The van der Waals surface area contributed by atoms with Gasteiger partial charge in [0.2, 0.25) is 5.89 Å². The number of hydrogen-bond donors (Lipinski definition) is 0. The van der Waals surface area contributed by atoms with Crippen LogP contribution < -0.4 is 9.47 Å². The maximum atomic E-state index is 5.44. The summed E-state index contributed by atoms with van der Waals surface area (Å²) in [5.41, 5.74) is 0.801. The van der Waals surface area contributed by atoms with Crippen LogP contribution in [0.3, 0.4) is 0 Å². The number of aromatic nitrogens is 2. The molecule has 2 rings (SSSR count). The van der Waals surface area contributed by atoms with Gasteiger partial charge in [-0.15, -0.1) is 10.2 Å². The van der Waals surface area contributed by atoms with Crippen LogP contribution in [-0.4, -0.2) is 30.7 Å². The molecule has 0 aliphatic rings. The van der Waals surface area contributed by atoms with Gasteiger partial charge in [0.15, 0.2) is 11.5 Å². The Kier molecular flexibility index (Phi) is 3.53. The molecular formula is C11H12N2O3S. The maximum absolute atomic E-state index is 5.44. The number of hydrogen-bond acceptors (Lipinski definition) is 6. The molecule has 0 amide bonds. The highest BCUT2D eigenvalue weighted by molar-refractivity contribution is 7.98. The molecule has 1 aromatic heterocycles. The van der Waals surface area contributed by atoms with Crippen molar-refractivity contribution in [3.05, 3.63) is 18.2 Å². The Bertz CT molecular complexity index is 513. The lowest BCUT2D eigenvalue weighted by atomic mass is 10.2. The zero-order valence-corrected chi connectivity index (χ0v) is 10.6. The van der Waals surface area contributed by atoms with Gasteiger partial charge in [-0.2, -0.15) is 0 Å². The zero-order chi connectivity index (χ0) is 12.3. The Morgan fingerprint density at radius 2 is 1.88 bits per heavy atom. The van der Waals surface area contributed by atoms with Crippen LogP contribution in [0.15, 0.2) is 27.8 Å². The molecule has 17 heavy (non-hydrogen) atoms. The summed E-state index contributed by atoms with van der Waals surface area (Å²) >= 11 is 1.41. The van der Waals surface area contributed by atoms with Crippen molar-refractivity contribution in [3.63, 3.8) is 0 Å². The van der Waals surface area contributed by atoms with E-state index in [0.717, 1.165) is 5.56 Å². The van der Waals surface area contributed by atoms with Gasteiger partial charge < -0.3 is 13.9 Å². The average Bonchev–Trinajstić information content (AvgIpc) is 2.86. The van der Waals surface area contributed by atoms with Gasteiger partial charge in [0.05, 0.1) is 14.2 Å². The van der Waals surface area contributed by atoms with E-state index >= 15 is 0 Å². The molecule has 0 unspecified atom stereocenters. The van der Waals surface area contributed by atoms with Gasteiger partial charge in [-0.25, -0.2) is 0 Å². The lowest BCUT2D eigenvalue weighted by molar-refractivity contribution is 0.355. The van der Waals surface area contributed by atoms with Crippen molar-refractivity contribution in [1.82, 2.24) is 10.2 Å². The molecule has 5 nitrogen and oxygen atoms in total. The van der Waals surface area contributed by atoms with Crippen molar-refractivity contribution >= 4 is 11.8 Å². The Morgan fingerprint density at radius 1 is 1.12 bits per heavy atom. The van der Waals surface area contributed by atoms with Crippen molar-refractivity contribution in [2.75, 3.05) is 20.5 Å². The smallest absolute Gasteiger partial charge is 0.276 e. The van der Waals surface area contributed by atoms with Gasteiger partial charge in [0, 0.05) is 5.56 Å². The predicted molar refractivity (Wildman–Crippen MR) is 64.6 cm³/mol. The van der Waals surface area contributed by atoms with Crippen molar-refractivity contribution < 1.29 is 13.9 Å². The lowest BCUT2D eigenvalue weighted by Gasteiger charge is -2.07. The Hall–Kier alpha value is -1.69. The van der Waals surface area contributed by atoms with Gasteiger partial charge in [-0.3, -0.25) is 0 Å². The van der Waals surface area contributed by atoms with Crippen LogP contribution in [0.4, 0.5) is 0 Å². The second kappa shape index (κ2) is 5.09. The molecule has 0 N–H and O–H groups in total. The molecule has 0 radical (unpaired) electrons. The third-order valence-corrected chi connectivity index (χ3v) is 2.73. The van der Waals surface area contributed by atoms with Gasteiger partial charge >= 0.3 is 0 Å². The Balaban J connectivity index is 2.38. The van der Waals surface area contributed by atoms with Crippen LogP contribution in [0.2, 0.25) is 0 Å². The van der Waals surface area contributed by atoms with Crippen LogP contribution >= 0.6 is 11.8 Å². The van der Waals surface area contributed by atoms with Crippen LogP contribution in [0.1, 0.15) is 0 Å². The fourth-order valence-electron chi connectivity index (χ4n) is 1.38. The second-order valence-electron chi connectivity index (χ2n) is 3.15. The first-order chi connectivity index (χ1) is 8.28. The van der Waals surface area contributed by atoms with Gasteiger partial charge in [-0.05, 0) is 24.5 Å². The summed E-state index contributed by atoms with van der Waals surface area (Å²) in [5, 5.41) is 8.37. The fourth-order valence-corrected chi connectivity index (χ4v) is 1.66. The molecule has 90 valence electrons. The lowest BCUT2D eigenvalue weighted by Crippen LogP contribution is -1.90. The number of benzene rings is 1. The summed E-state index contributed by atoms with van der Waals surface area (Å²) in [7, 11) is 3.18. The van der Waals surface area contributed by atoms with E-state index < -0.39 is 0 Å². The minimum absolute atomic E-state index is 0.468. The summed E-state index contributed by atoms with van der Waals surface area (Å²) in [6, 6.07) is 5.45. The van der Waals surface area contributed by atoms with E-state index in [0.29, 0.717) is 22.6 Å². The quantitative estimate of drug-likeness (QED) is 0.779. The molecule has 0 saturated heterocycles. The molecule has 0 atom stereocenters. The molecule has 1 aromatic carbocycles. The SMILES string of the molecule is COc1ccc(-c2nnc(SC)o2)cc1OC. The van der Waals surface area contributed by atoms with Gasteiger partial charge in [0.1, 0.15) is 0 Å². The largest absolute Gasteiger partial charge is 0.493 e. The third kappa shape index (κ3) is 2.36. The number of nitrogens with zero attached hydrogens (tertiary/aromatic N) is 2. The number of rotatable bonds is 4. The first kappa shape index (κ1) is 11.8. The average molecular weight is 252 g/mol. The molecule has 0 bridgehead atoms. The van der Waals surface area contributed by atoms with Crippen molar-refractivity contribution in [3.8, 4) is 23.0 Å². The van der Waals surface area contributed by atoms with Crippen LogP contribution in [-0.2, 0) is 0 Å². The highest BCUT2D eigenvalue weighted by atomic mass is 32.2. The zero-order valence-electron chi connectivity index (χ0n) is 9.76. The fraction of sp³-hybridized carbons (Fsp3) is 0.273. The van der Waals surface area contributed by atoms with Crippen LogP contribution in [0.25, 0.3) is 11.5 Å². The van der Waals surface area contributed by atoms with E-state index in [1.807, 2.05) is 12.3 Å².